The number of nitrogens with one attached hydrogen (secondary N) is 1. The van der Waals surface area contributed by atoms with Gasteiger partial charge in [-0.05, 0) is 30.5 Å². The third-order valence-electron chi connectivity index (χ3n) is 2.33. The average molecular weight is 251 g/mol. The SMILES string of the molecule is C[Si](C)(C)Nc1ccc(CCCC(=O)O)cc1. The van der Waals surface area contributed by atoms with Gasteiger partial charge in [-0.1, -0.05) is 31.8 Å². The first kappa shape index (κ1) is 13.8. The smallest absolute Gasteiger partial charge is 0.303 e. The highest BCUT2D eigenvalue weighted by Crippen LogP contribution is 2.14. The van der Waals surface area contributed by atoms with Gasteiger partial charge in [0, 0.05) is 12.1 Å². The third-order valence-corrected chi connectivity index (χ3v) is 3.37. The minimum atomic E-state index is -1.28. The van der Waals surface area contributed by atoms with Crippen LogP contribution in [0.3, 0.4) is 0 Å². The molecule has 3 nitrogen and oxygen atoms in total. The number of carboxylic acids is 1. The van der Waals surface area contributed by atoms with E-state index < -0.39 is 14.2 Å². The molecule has 1 rings (SSSR count). The number of carbonyl (C=O) groups is 1. The van der Waals surface area contributed by atoms with Crippen LogP contribution in [-0.4, -0.2) is 19.3 Å². The summed E-state index contributed by atoms with van der Waals surface area (Å²) in [6.07, 6.45) is 1.78. The fraction of sp³-hybridized carbons (Fsp3) is 0.462. The topological polar surface area (TPSA) is 49.3 Å². The molecule has 0 bridgehead atoms. The van der Waals surface area contributed by atoms with Gasteiger partial charge in [0.25, 0.3) is 0 Å². The molecule has 0 radical (unpaired) electrons. The summed E-state index contributed by atoms with van der Waals surface area (Å²) in [6, 6.07) is 8.30. The van der Waals surface area contributed by atoms with Gasteiger partial charge in [0.2, 0.25) is 0 Å². The highest BCUT2D eigenvalue weighted by atomic mass is 28.3. The zero-order chi connectivity index (χ0) is 12.9. The minimum Gasteiger partial charge on any atom is -0.481 e. The van der Waals surface area contributed by atoms with Gasteiger partial charge in [0.15, 0.2) is 0 Å². The van der Waals surface area contributed by atoms with Crippen molar-refractivity contribution in [3.05, 3.63) is 29.8 Å². The summed E-state index contributed by atoms with van der Waals surface area (Å²) in [7, 11) is -1.28. The summed E-state index contributed by atoms with van der Waals surface area (Å²) in [5, 5.41) is 8.56. The molecule has 0 amide bonds. The average Bonchev–Trinajstić information content (AvgIpc) is 2.18. The van der Waals surface area contributed by atoms with Crippen molar-refractivity contribution in [2.45, 2.75) is 38.9 Å². The molecule has 2 N–H and O–H groups in total. The molecule has 0 spiro atoms. The minimum absolute atomic E-state index is 0.245. The molecule has 17 heavy (non-hydrogen) atoms. The summed E-state index contributed by atoms with van der Waals surface area (Å²) in [5.41, 5.74) is 2.36. The quantitative estimate of drug-likeness (QED) is 0.762. The van der Waals surface area contributed by atoms with E-state index in [2.05, 4.69) is 48.9 Å². The number of hydrogen-bond donors (Lipinski definition) is 2. The van der Waals surface area contributed by atoms with Crippen molar-refractivity contribution in [3.63, 3.8) is 0 Å². The van der Waals surface area contributed by atoms with Crippen LogP contribution in [0.2, 0.25) is 19.6 Å². The Bertz CT molecular complexity index is 368. The molecular formula is C13H21NO2Si. The molecule has 1 aromatic rings. The first-order valence-corrected chi connectivity index (χ1v) is 9.46. The van der Waals surface area contributed by atoms with E-state index in [1.807, 2.05) is 0 Å². The highest BCUT2D eigenvalue weighted by Gasteiger charge is 2.12. The van der Waals surface area contributed by atoms with Crippen LogP contribution in [0, 0.1) is 0 Å². The van der Waals surface area contributed by atoms with E-state index in [0.717, 1.165) is 12.1 Å². The Hall–Kier alpha value is -1.29. The van der Waals surface area contributed by atoms with Crippen LogP contribution in [0.1, 0.15) is 18.4 Å². The van der Waals surface area contributed by atoms with Crippen LogP contribution in [-0.2, 0) is 11.2 Å². The second-order valence-electron chi connectivity index (χ2n) is 5.32. The predicted octanol–water partition coefficient (Wildman–Crippen LogP) is 3.34. The summed E-state index contributed by atoms with van der Waals surface area (Å²) in [5.74, 6) is -0.720. The number of benzene rings is 1. The monoisotopic (exact) mass is 251 g/mol. The molecule has 0 aliphatic rings. The van der Waals surface area contributed by atoms with Gasteiger partial charge >= 0.3 is 5.97 Å². The molecule has 0 aliphatic carbocycles. The van der Waals surface area contributed by atoms with Gasteiger partial charge in [0.1, 0.15) is 8.24 Å². The fourth-order valence-corrected chi connectivity index (χ4v) is 2.66. The normalized spacial score (nSPS) is 11.2. The Labute approximate surface area is 104 Å². The van der Waals surface area contributed by atoms with E-state index in [9.17, 15) is 4.79 Å². The van der Waals surface area contributed by atoms with Crippen LogP contribution in [0.15, 0.2) is 24.3 Å². The maximum absolute atomic E-state index is 10.4. The lowest BCUT2D eigenvalue weighted by Crippen LogP contribution is -2.32. The van der Waals surface area contributed by atoms with Gasteiger partial charge in [-0.2, -0.15) is 0 Å². The Balaban J connectivity index is 2.47. The third kappa shape index (κ3) is 6.11. The first-order valence-electron chi connectivity index (χ1n) is 5.96. The van der Waals surface area contributed by atoms with Crippen molar-refractivity contribution in [1.82, 2.24) is 0 Å². The van der Waals surface area contributed by atoms with E-state index in [4.69, 9.17) is 5.11 Å². The molecule has 0 atom stereocenters. The van der Waals surface area contributed by atoms with Crippen molar-refractivity contribution in [2.75, 3.05) is 4.98 Å². The zero-order valence-corrected chi connectivity index (χ0v) is 11.8. The lowest BCUT2D eigenvalue weighted by atomic mass is 10.1. The first-order chi connectivity index (χ1) is 7.87. The fourth-order valence-electron chi connectivity index (χ4n) is 1.63. The molecule has 0 saturated heterocycles. The van der Waals surface area contributed by atoms with Gasteiger partial charge in [-0.25, -0.2) is 0 Å². The van der Waals surface area contributed by atoms with Crippen molar-refractivity contribution in [2.24, 2.45) is 0 Å². The van der Waals surface area contributed by atoms with Crippen LogP contribution >= 0.6 is 0 Å². The molecular weight excluding hydrogens is 230 g/mol. The van der Waals surface area contributed by atoms with E-state index in [1.165, 1.54) is 5.56 Å². The maximum atomic E-state index is 10.4. The Morgan fingerprint density at radius 2 is 1.82 bits per heavy atom. The lowest BCUT2D eigenvalue weighted by Gasteiger charge is -2.19. The van der Waals surface area contributed by atoms with Crippen molar-refractivity contribution in [3.8, 4) is 0 Å². The van der Waals surface area contributed by atoms with E-state index in [1.54, 1.807) is 0 Å². The number of carboxylic acid groups (broad SMARTS) is 1. The maximum Gasteiger partial charge on any atom is 0.303 e. The van der Waals surface area contributed by atoms with E-state index in [-0.39, 0.29) is 6.42 Å². The molecule has 0 heterocycles. The summed E-state index contributed by atoms with van der Waals surface area (Å²) >= 11 is 0. The molecule has 0 saturated carbocycles. The number of rotatable bonds is 6. The van der Waals surface area contributed by atoms with Gasteiger partial charge < -0.3 is 10.1 Å². The Kier molecular flexibility index (Phi) is 4.75. The van der Waals surface area contributed by atoms with Crippen LogP contribution in [0.25, 0.3) is 0 Å². The second kappa shape index (κ2) is 5.86. The number of aryl methyl sites for hydroxylation is 1. The molecule has 1 aromatic carbocycles. The largest absolute Gasteiger partial charge is 0.481 e. The van der Waals surface area contributed by atoms with Crippen LogP contribution in [0.4, 0.5) is 5.69 Å². The highest BCUT2D eigenvalue weighted by molar-refractivity contribution is 6.79. The summed E-state index contributed by atoms with van der Waals surface area (Å²) in [4.78, 5) is 13.9. The van der Waals surface area contributed by atoms with Crippen molar-refractivity contribution < 1.29 is 9.90 Å². The van der Waals surface area contributed by atoms with E-state index in [0.29, 0.717) is 6.42 Å². The summed E-state index contributed by atoms with van der Waals surface area (Å²) < 4.78 is 0. The van der Waals surface area contributed by atoms with E-state index >= 15 is 0 Å². The Morgan fingerprint density at radius 1 is 1.24 bits per heavy atom. The number of aliphatic carboxylic acids is 1. The second-order valence-corrected chi connectivity index (χ2v) is 10.1. The van der Waals surface area contributed by atoms with Crippen LogP contribution < -0.4 is 4.98 Å². The summed E-state index contributed by atoms with van der Waals surface area (Å²) in [6.45, 7) is 6.77. The van der Waals surface area contributed by atoms with Crippen molar-refractivity contribution >= 4 is 19.9 Å². The standard InChI is InChI=1S/C13H21NO2Si/c1-17(2,3)14-12-9-7-11(8-10-12)5-4-6-13(15)16/h7-10,14H,4-6H2,1-3H3,(H,15,16). The van der Waals surface area contributed by atoms with Gasteiger partial charge in [-0.15, -0.1) is 0 Å². The van der Waals surface area contributed by atoms with Gasteiger partial charge in [0.05, 0.1) is 0 Å². The van der Waals surface area contributed by atoms with Crippen molar-refractivity contribution in [1.29, 1.82) is 0 Å². The number of anilines is 1. The molecule has 0 unspecified atom stereocenters. The van der Waals surface area contributed by atoms with Crippen LogP contribution in [0.5, 0.6) is 0 Å². The lowest BCUT2D eigenvalue weighted by molar-refractivity contribution is -0.137. The Morgan fingerprint density at radius 3 is 2.29 bits per heavy atom. The molecule has 0 fully saturated rings. The number of hydrogen-bond acceptors (Lipinski definition) is 2. The van der Waals surface area contributed by atoms with Gasteiger partial charge in [-0.3, -0.25) is 4.79 Å². The molecule has 0 aromatic heterocycles. The molecule has 0 aliphatic heterocycles. The molecule has 94 valence electrons. The predicted molar refractivity (Wildman–Crippen MR) is 74.0 cm³/mol. The molecule has 4 heteroatoms. The zero-order valence-electron chi connectivity index (χ0n) is 10.8.